The van der Waals surface area contributed by atoms with Gasteiger partial charge in [-0.15, -0.1) is 10.2 Å². The number of nitrogens with zero attached hydrogens (tertiary/aromatic N) is 4. The summed E-state index contributed by atoms with van der Waals surface area (Å²) in [4.78, 5) is 11.6. The molecule has 0 radical (unpaired) electrons. The largest absolute Gasteiger partial charge is 0.457 e. The Morgan fingerprint density at radius 1 is 0.914 bits per heavy atom. The van der Waals surface area contributed by atoms with Crippen molar-refractivity contribution in [3.63, 3.8) is 0 Å². The van der Waals surface area contributed by atoms with Gasteiger partial charge in [0.2, 0.25) is 11.9 Å². The molecule has 5 rings (SSSR count). The zero-order valence-corrected chi connectivity index (χ0v) is 18.3. The third kappa shape index (κ3) is 4.98. The van der Waals surface area contributed by atoms with Gasteiger partial charge in [0, 0.05) is 29.9 Å². The Hall–Kier alpha value is -4.67. The van der Waals surface area contributed by atoms with Crippen LogP contribution in [0.3, 0.4) is 0 Å². The second kappa shape index (κ2) is 8.93. The van der Waals surface area contributed by atoms with E-state index in [9.17, 15) is 13.2 Å². The van der Waals surface area contributed by atoms with E-state index in [1.807, 2.05) is 18.2 Å². The predicted octanol–water partition coefficient (Wildman–Crippen LogP) is 6.01. The van der Waals surface area contributed by atoms with Crippen LogP contribution in [0.4, 0.5) is 30.8 Å². The molecule has 2 aromatic heterocycles. The van der Waals surface area contributed by atoms with E-state index in [1.165, 1.54) is 12.1 Å². The summed E-state index contributed by atoms with van der Waals surface area (Å²) in [5.41, 5.74) is 1.02. The topological polar surface area (TPSA) is 101 Å². The molecular weight excluding hydrogens is 459 g/mol. The van der Waals surface area contributed by atoms with Crippen molar-refractivity contribution >= 4 is 28.5 Å². The van der Waals surface area contributed by atoms with E-state index in [2.05, 4.69) is 35.8 Å². The summed E-state index contributed by atoms with van der Waals surface area (Å²) in [7, 11) is 1.76. The van der Waals surface area contributed by atoms with Gasteiger partial charge in [-0.2, -0.15) is 13.2 Å². The molecule has 0 aliphatic carbocycles. The molecule has 0 spiro atoms. The highest BCUT2D eigenvalue weighted by molar-refractivity contribution is 5.80. The van der Waals surface area contributed by atoms with Crippen molar-refractivity contribution in [2.75, 3.05) is 17.7 Å². The molecule has 3 N–H and O–H groups in total. The molecule has 176 valence electrons. The number of nitrogens with one attached hydrogen (secondary N) is 3. The van der Waals surface area contributed by atoms with E-state index in [1.54, 1.807) is 37.5 Å². The van der Waals surface area contributed by atoms with Crippen molar-refractivity contribution in [1.29, 1.82) is 0 Å². The molecule has 0 fully saturated rings. The zero-order valence-electron chi connectivity index (χ0n) is 18.3. The Morgan fingerprint density at radius 3 is 2.49 bits per heavy atom. The Labute approximate surface area is 197 Å². The number of aromatic nitrogens is 5. The molecule has 0 aliphatic rings. The van der Waals surface area contributed by atoms with Crippen LogP contribution in [0.25, 0.3) is 22.3 Å². The minimum Gasteiger partial charge on any atom is -0.457 e. The normalized spacial score (nSPS) is 11.4. The van der Waals surface area contributed by atoms with E-state index in [4.69, 9.17) is 4.74 Å². The third-order valence-electron chi connectivity index (χ3n) is 5.08. The molecule has 3 aromatic carbocycles. The maximum atomic E-state index is 12.9. The summed E-state index contributed by atoms with van der Waals surface area (Å²) in [6.45, 7) is 0. The molecule has 0 unspecified atom stereocenters. The molecule has 0 aliphatic heterocycles. The average Bonchev–Trinajstić information content (AvgIpc) is 3.32. The lowest BCUT2D eigenvalue weighted by molar-refractivity contribution is -0.137. The van der Waals surface area contributed by atoms with Gasteiger partial charge in [-0.1, -0.05) is 6.07 Å². The molecule has 0 saturated carbocycles. The molecular formula is C24H18F3N7O. The number of H-pyrrole nitrogens is 1. The van der Waals surface area contributed by atoms with Crippen LogP contribution in [0, 0.1) is 0 Å². The van der Waals surface area contributed by atoms with Gasteiger partial charge in [-0.25, -0.2) is 9.97 Å². The molecule has 8 nitrogen and oxygen atoms in total. The summed E-state index contributed by atoms with van der Waals surface area (Å²) in [5.74, 6) is 2.47. The van der Waals surface area contributed by atoms with Crippen LogP contribution in [0.15, 0.2) is 72.9 Å². The number of hydrogen-bond donors (Lipinski definition) is 3. The SMILES string of the molecule is CNc1ncc2cc(Oc3ccc(-c4nnc(Nc5cccc(C(F)(F)F)c5)[nH]4)cc3)ccc2n1. The lowest BCUT2D eigenvalue weighted by Gasteiger charge is -2.09. The van der Waals surface area contributed by atoms with Gasteiger partial charge in [-0.3, -0.25) is 0 Å². The van der Waals surface area contributed by atoms with Crippen molar-refractivity contribution in [3.8, 4) is 22.9 Å². The highest BCUT2D eigenvalue weighted by atomic mass is 19.4. The van der Waals surface area contributed by atoms with Gasteiger partial charge in [0.25, 0.3) is 0 Å². The number of benzene rings is 3. The van der Waals surface area contributed by atoms with Crippen molar-refractivity contribution in [1.82, 2.24) is 25.1 Å². The maximum absolute atomic E-state index is 12.9. The van der Waals surface area contributed by atoms with Crippen LogP contribution >= 0.6 is 0 Å². The molecule has 0 bridgehead atoms. The molecule has 0 atom stereocenters. The minimum absolute atomic E-state index is 0.222. The number of rotatable bonds is 6. The van der Waals surface area contributed by atoms with Crippen molar-refractivity contribution in [3.05, 3.63) is 78.5 Å². The first-order chi connectivity index (χ1) is 16.9. The predicted molar refractivity (Wildman–Crippen MR) is 126 cm³/mol. The van der Waals surface area contributed by atoms with Crippen molar-refractivity contribution in [2.24, 2.45) is 0 Å². The number of hydrogen-bond acceptors (Lipinski definition) is 7. The lowest BCUT2D eigenvalue weighted by Crippen LogP contribution is -2.05. The molecule has 5 aromatic rings. The zero-order chi connectivity index (χ0) is 24.4. The highest BCUT2D eigenvalue weighted by Gasteiger charge is 2.30. The Bertz CT molecular complexity index is 1480. The van der Waals surface area contributed by atoms with E-state index in [0.29, 0.717) is 23.3 Å². The molecule has 11 heteroatoms. The van der Waals surface area contributed by atoms with Gasteiger partial charge in [0.05, 0.1) is 11.1 Å². The first-order valence-corrected chi connectivity index (χ1v) is 10.5. The smallest absolute Gasteiger partial charge is 0.416 e. The van der Waals surface area contributed by atoms with E-state index >= 15 is 0 Å². The monoisotopic (exact) mass is 477 g/mol. The van der Waals surface area contributed by atoms with Gasteiger partial charge < -0.3 is 20.4 Å². The Balaban J connectivity index is 1.28. The summed E-state index contributed by atoms with van der Waals surface area (Å²) < 4.78 is 44.7. The number of halogens is 3. The molecule has 0 amide bonds. The standard InChI is InChI=1S/C24H18F3N7O/c1-28-22-29-13-15-11-19(9-10-20(15)31-22)35-18-7-5-14(6-8-18)21-32-23(34-33-21)30-17-4-2-3-16(12-17)24(25,26)27/h2-13H,1H3,(H,28,29,31)(H2,30,32,33,34). The van der Waals surface area contributed by atoms with Crippen LogP contribution in [0.5, 0.6) is 11.5 Å². The summed E-state index contributed by atoms with van der Waals surface area (Å²) in [6.07, 6.45) is -2.70. The summed E-state index contributed by atoms with van der Waals surface area (Å²) in [5, 5.41) is 14.6. The minimum atomic E-state index is -4.43. The third-order valence-corrected chi connectivity index (χ3v) is 5.08. The fourth-order valence-electron chi connectivity index (χ4n) is 3.37. The molecule has 35 heavy (non-hydrogen) atoms. The van der Waals surface area contributed by atoms with E-state index in [0.717, 1.165) is 28.6 Å². The number of aromatic amines is 1. The second-order valence-corrected chi connectivity index (χ2v) is 7.52. The highest BCUT2D eigenvalue weighted by Crippen LogP contribution is 2.31. The summed E-state index contributed by atoms with van der Waals surface area (Å²) in [6, 6.07) is 17.5. The fraction of sp³-hybridized carbons (Fsp3) is 0.0833. The van der Waals surface area contributed by atoms with Gasteiger partial charge in [0.15, 0.2) is 5.82 Å². The number of anilines is 3. The van der Waals surface area contributed by atoms with Crippen LogP contribution in [-0.4, -0.2) is 32.2 Å². The van der Waals surface area contributed by atoms with Gasteiger partial charge >= 0.3 is 6.18 Å². The number of fused-ring (bicyclic) bond motifs is 1. The first-order valence-electron chi connectivity index (χ1n) is 10.5. The molecule has 0 saturated heterocycles. The quantitative estimate of drug-likeness (QED) is 0.275. The van der Waals surface area contributed by atoms with Gasteiger partial charge in [-0.05, 0) is 60.7 Å². The lowest BCUT2D eigenvalue weighted by atomic mass is 10.2. The Morgan fingerprint density at radius 2 is 1.71 bits per heavy atom. The van der Waals surface area contributed by atoms with Crippen LogP contribution < -0.4 is 15.4 Å². The Kier molecular flexibility index (Phi) is 5.65. The van der Waals surface area contributed by atoms with Crippen LogP contribution in [-0.2, 0) is 6.18 Å². The van der Waals surface area contributed by atoms with Crippen molar-refractivity contribution in [2.45, 2.75) is 6.18 Å². The fourth-order valence-corrected chi connectivity index (χ4v) is 3.37. The van der Waals surface area contributed by atoms with E-state index < -0.39 is 11.7 Å². The van der Waals surface area contributed by atoms with Crippen LogP contribution in [0.1, 0.15) is 5.56 Å². The number of alkyl halides is 3. The first kappa shape index (κ1) is 22.1. The maximum Gasteiger partial charge on any atom is 0.416 e. The van der Waals surface area contributed by atoms with Gasteiger partial charge in [0.1, 0.15) is 11.5 Å². The van der Waals surface area contributed by atoms with Crippen LogP contribution in [0.2, 0.25) is 0 Å². The average molecular weight is 477 g/mol. The molecule has 2 heterocycles. The second-order valence-electron chi connectivity index (χ2n) is 7.52. The van der Waals surface area contributed by atoms with E-state index in [-0.39, 0.29) is 11.6 Å². The number of ether oxygens (including phenoxy) is 1. The summed E-state index contributed by atoms with van der Waals surface area (Å²) >= 11 is 0. The van der Waals surface area contributed by atoms with Crippen molar-refractivity contribution < 1.29 is 17.9 Å².